The van der Waals surface area contributed by atoms with Gasteiger partial charge in [-0.3, -0.25) is 4.79 Å². The van der Waals surface area contributed by atoms with Crippen molar-refractivity contribution in [2.24, 2.45) is 5.73 Å². The van der Waals surface area contributed by atoms with Crippen LogP contribution in [0.2, 0.25) is 0 Å². The van der Waals surface area contributed by atoms with Crippen LogP contribution in [0.5, 0.6) is 0 Å². The van der Waals surface area contributed by atoms with Gasteiger partial charge in [-0.05, 0) is 72.1 Å². The Kier molecular flexibility index (Phi) is 9.89. The number of carbonyl (C=O) groups is 3. The van der Waals surface area contributed by atoms with E-state index in [-0.39, 0.29) is 18.1 Å². The predicted octanol–water partition coefficient (Wildman–Crippen LogP) is 4.25. The number of benzene rings is 1. The number of anilines is 1. The fraction of sp³-hybridized carbons (Fsp3) is 0.538. The number of aryl methyl sites for hydroxylation is 1. The standard InChI is InChI=1S/C22H30N4O3.C4H9NO2/c1-15-6-7-18-12-17(8-9-20(18)26(15)16(2)27)19-13-25(14-24-19)11-10-23-21(28)29-22(3,4)5;1-3(2)7-4(5)6/h8-9,12-15H,6-7,10-11H2,1-5H3,(H,23,28);3H,1-2H3,(H2,5,6)/t15-;/m0./s1. The Morgan fingerprint density at radius 1 is 1.25 bits per heavy atom. The number of alkyl carbamates (subject to hydrolysis) is 1. The lowest BCUT2D eigenvalue weighted by Crippen LogP contribution is -2.40. The minimum atomic E-state index is -0.713. The van der Waals surface area contributed by atoms with Crippen molar-refractivity contribution >= 4 is 23.8 Å². The van der Waals surface area contributed by atoms with Crippen LogP contribution < -0.4 is 16.0 Å². The average Bonchev–Trinajstić information content (AvgIpc) is 3.20. The molecular weight excluding hydrogens is 462 g/mol. The molecule has 3 amide bonds. The normalized spacial score (nSPS) is 14.9. The monoisotopic (exact) mass is 501 g/mol. The first-order chi connectivity index (χ1) is 16.8. The van der Waals surface area contributed by atoms with Gasteiger partial charge in [-0.2, -0.15) is 0 Å². The number of amides is 3. The second-order valence-electron chi connectivity index (χ2n) is 10.0. The summed E-state index contributed by atoms with van der Waals surface area (Å²) < 4.78 is 11.6. The van der Waals surface area contributed by atoms with E-state index >= 15 is 0 Å². The first kappa shape index (κ1) is 28.7. The molecule has 36 heavy (non-hydrogen) atoms. The van der Waals surface area contributed by atoms with Crippen molar-refractivity contribution in [1.82, 2.24) is 14.9 Å². The molecule has 10 nitrogen and oxygen atoms in total. The number of nitrogens with zero attached hydrogens (tertiary/aromatic N) is 3. The van der Waals surface area contributed by atoms with Crippen molar-refractivity contribution in [2.45, 2.75) is 85.6 Å². The van der Waals surface area contributed by atoms with E-state index in [0.29, 0.717) is 13.1 Å². The van der Waals surface area contributed by atoms with Crippen LogP contribution in [0.15, 0.2) is 30.7 Å². The van der Waals surface area contributed by atoms with Gasteiger partial charge in [-0.15, -0.1) is 0 Å². The van der Waals surface area contributed by atoms with E-state index < -0.39 is 17.8 Å². The topological polar surface area (TPSA) is 129 Å². The van der Waals surface area contributed by atoms with Gasteiger partial charge in [-0.1, -0.05) is 6.07 Å². The molecule has 1 atom stereocenters. The summed E-state index contributed by atoms with van der Waals surface area (Å²) in [6.45, 7) is 13.8. The Bertz CT molecular complexity index is 1060. The molecule has 10 heteroatoms. The molecule has 1 aliphatic rings. The minimum Gasteiger partial charge on any atom is -0.447 e. The van der Waals surface area contributed by atoms with Crippen molar-refractivity contribution in [3.63, 3.8) is 0 Å². The van der Waals surface area contributed by atoms with Gasteiger partial charge in [0.2, 0.25) is 5.91 Å². The van der Waals surface area contributed by atoms with E-state index in [1.54, 1.807) is 27.1 Å². The van der Waals surface area contributed by atoms with E-state index in [2.05, 4.69) is 33.8 Å². The number of hydrogen-bond donors (Lipinski definition) is 2. The number of fused-ring (bicyclic) bond motifs is 1. The lowest BCUT2D eigenvalue weighted by molar-refractivity contribution is -0.117. The third-order valence-corrected chi connectivity index (χ3v) is 5.27. The number of rotatable bonds is 5. The Hall–Kier alpha value is -3.56. The minimum absolute atomic E-state index is 0.0768. The highest BCUT2D eigenvalue weighted by Crippen LogP contribution is 2.33. The molecule has 0 bridgehead atoms. The summed E-state index contributed by atoms with van der Waals surface area (Å²) in [5.41, 5.74) is 8.21. The Balaban J connectivity index is 0.000000572. The van der Waals surface area contributed by atoms with Gasteiger partial charge in [-0.25, -0.2) is 14.6 Å². The van der Waals surface area contributed by atoms with E-state index in [0.717, 1.165) is 29.8 Å². The van der Waals surface area contributed by atoms with E-state index in [1.807, 2.05) is 48.6 Å². The van der Waals surface area contributed by atoms with Gasteiger partial charge in [0, 0.05) is 43.5 Å². The van der Waals surface area contributed by atoms with Gasteiger partial charge in [0.25, 0.3) is 0 Å². The highest BCUT2D eigenvalue weighted by molar-refractivity contribution is 5.93. The van der Waals surface area contributed by atoms with Crippen LogP contribution in [-0.2, 0) is 27.2 Å². The Morgan fingerprint density at radius 2 is 1.94 bits per heavy atom. The molecule has 3 N–H and O–H groups in total. The molecule has 2 heterocycles. The molecule has 198 valence electrons. The summed E-state index contributed by atoms with van der Waals surface area (Å²) in [4.78, 5) is 39.9. The Labute approximate surface area is 213 Å². The summed E-state index contributed by atoms with van der Waals surface area (Å²) in [6.07, 6.45) is 4.40. The van der Waals surface area contributed by atoms with Crippen LogP contribution >= 0.6 is 0 Å². The first-order valence-corrected chi connectivity index (χ1v) is 12.1. The van der Waals surface area contributed by atoms with Crippen molar-refractivity contribution < 1.29 is 23.9 Å². The SMILES string of the molecule is CC(=O)N1c2ccc(-c3cn(CCNC(=O)OC(C)(C)C)cn3)cc2CC[C@@H]1C.CC(C)OC(N)=O. The summed E-state index contributed by atoms with van der Waals surface area (Å²) in [6, 6.07) is 6.38. The number of primary amides is 1. The predicted molar refractivity (Wildman–Crippen MR) is 139 cm³/mol. The maximum atomic E-state index is 12.0. The lowest BCUT2D eigenvalue weighted by atomic mass is 9.94. The van der Waals surface area contributed by atoms with Crippen LogP contribution in [0.4, 0.5) is 15.3 Å². The summed E-state index contributed by atoms with van der Waals surface area (Å²) >= 11 is 0. The molecule has 2 aromatic rings. The molecular formula is C26H39N5O5. The van der Waals surface area contributed by atoms with Gasteiger partial charge in [0.1, 0.15) is 5.60 Å². The molecule has 0 saturated heterocycles. The highest BCUT2D eigenvalue weighted by Gasteiger charge is 2.26. The summed E-state index contributed by atoms with van der Waals surface area (Å²) in [5, 5.41) is 2.75. The van der Waals surface area contributed by atoms with E-state index in [9.17, 15) is 14.4 Å². The van der Waals surface area contributed by atoms with E-state index in [1.165, 1.54) is 5.56 Å². The molecule has 1 aliphatic heterocycles. The summed E-state index contributed by atoms with van der Waals surface area (Å²) in [5.74, 6) is 0.0768. The molecule has 0 unspecified atom stereocenters. The average molecular weight is 502 g/mol. The zero-order valence-electron chi connectivity index (χ0n) is 22.3. The number of aromatic nitrogens is 2. The Morgan fingerprint density at radius 3 is 2.50 bits per heavy atom. The van der Waals surface area contributed by atoms with Crippen LogP contribution in [-0.4, -0.2) is 51.9 Å². The van der Waals surface area contributed by atoms with Crippen LogP contribution in [0.3, 0.4) is 0 Å². The highest BCUT2D eigenvalue weighted by atomic mass is 16.6. The largest absolute Gasteiger partial charge is 0.447 e. The lowest BCUT2D eigenvalue weighted by Gasteiger charge is -2.34. The second-order valence-corrected chi connectivity index (χ2v) is 10.0. The van der Waals surface area contributed by atoms with E-state index in [4.69, 9.17) is 4.74 Å². The zero-order chi connectivity index (χ0) is 27.0. The molecule has 3 rings (SSSR count). The van der Waals surface area contributed by atoms with Crippen molar-refractivity contribution in [2.75, 3.05) is 11.4 Å². The second kappa shape index (κ2) is 12.4. The number of ether oxygens (including phenoxy) is 2. The van der Waals surface area contributed by atoms with Gasteiger partial charge in [0.15, 0.2) is 0 Å². The van der Waals surface area contributed by atoms with Crippen LogP contribution in [0.1, 0.15) is 60.5 Å². The van der Waals surface area contributed by atoms with Gasteiger partial charge >= 0.3 is 12.2 Å². The number of nitrogens with two attached hydrogens (primary N) is 1. The molecule has 0 saturated carbocycles. The van der Waals surface area contributed by atoms with Gasteiger partial charge in [0.05, 0.1) is 18.1 Å². The number of nitrogens with one attached hydrogen (secondary N) is 1. The molecule has 0 radical (unpaired) electrons. The number of hydrogen-bond acceptors (Lipinski definition) is 6. The van der Waals surface area contributed by atoms with Crippen molar-refractivity contribution in [1.29, 1.82) is 0 Å². The third-order valence-electron chi connectivity index (χ3n) is 5.27. The smallest absolute Gasteiger partial charge is 0.407 e. The molecule has 1 aromatic carbocycles. The maximum absolute atomic E-state index is 12.0. The molecule has 0 spiro atoms. The fourth-order valence-corrected chi connectivity index (χ4v) is 3.86. The number of carbonyl (C=O) groups excluding carboxylic acids is 3. The van der Waals surface area contributed by atoms with Crippen molar-refractivity contribution in [3.05, 3.63) is 36.3 Å². The first-order valence-electron chi connectivity index (χ1n) is 12.1. The van der Waals surface area contributed by atoms with Crippen molar-refractivity contribution in [3.8, 4) is 11.3 Å². The molecule has 0 fully saturated rings. The molecule has 1 aromatic heterocycles. The third kappa shape index (κ3) is 8.90. The maximum Gasteiger partial charge on any atom is 0.407 e. The van der Waals surface area contributed by atoms with Crippen LogP contribution in [0.25, 0.3) is 11.3 Å². The molecule has 0 aliphatic carbocycles. The van der Waals surface area contributed by atoms with Gasteiger partial charge < -0.3 is 30.0 Å². The summed E-state index contributed by atoms with van der Waals surface area (Å²) in [7, 11) is 0. The number of imidazole rings is 1. The quantitative estimate of drug-likeness (QED) is 0.630. The fourth-order valence-electron chi connectivity index (χ4n) is 3.86. The zero-order valence-corrected chi connectivity index (χ0v) is 22.3. The van der Waals surface area contributed by atoms with Crippen LogP contribution in [0, 0.1) is 0 Å².